The van der Waals surface area contributed by atoms with Crippen molar-refractivity contribution in [2.45, 2.75) is 19.2 Å². The van der Waals surface area contributed by atoms with E-state index in [1.165, 1.54) is 6.07 Å². The van der Waals surface area contributed by atoms with Crippen molar-refractivity contribution in [3.8, 4) is 5.75 Å². The number of aromatic nitrogens is 1. The third-order valence-electron chi connectivity index (χ3n) is 4.02. The maximum Gasteiger partial charge on any atom is 0.387 e. The summed E-state index contributed by atoms with van der Waals surface area (Å²) in [5, 5.41) is 3.59. The van der Waals surface area contributed by atoms with Crippen molar-refractivity contribution in [1.82, 2.24) is 15.2 Å². The van der Waals surface area contributed by atoms with Crippen molar-refractivity contribution in [2.75, 3.05) is 19.6 Å². The van der Waals surface area contributed by atoms with Gasteiger partial charge in [-0.3, -0.25) is 9.88 Å². The Balaban J connectivity index is 1.75. The predicted octanol–water partition coefficient (Wildman–Crippen LogP) is 3.48. The van der Waals surface area contributed by atoms with Gasteiger partial charge in [-0.15, -0.1) is 0 Å². The maximum absolute atomic E-state index is 12.3. The van der Waals surface area contributed by atoms with E-state index in [4.69, 9.17) is 11.6 Å². The van der Waals surface area contributed by atoms with Crippen LogP contribution in [0.2, 0.25) is 5.02 Å². The molecule has 1 saturated heterocycles. The molecule has 1 aromatic carbocycles. The number of nitrogens with one attached hydrogen (secondary N) is 1. The van der Waals surface area contributed by atoms with E-state index in [2.05, 4.69) is 26.0 Å². The van der Waals surface area contributed by atoms with Gasteiger partial charge in [0, 0.05) is 44.6 Å². The summed E-state index contributed by atoms with van der Waals surface area (Å²) >= 11 is 6.05. The standard InChI is InChI=1S/C17H18ClF2N3O/c18-14-8-12(3-4-16(14)24-17(19)20)11-23-7-6-22-10-15(23)13-2-1-5-21-9-13/h1-5,8-9,15,17,22H,6-7,10-11H2. The van der Waals surface area contributed by atoms with Gasteiger partial charge in [-0.05, 0) is 29.3 Å². The summed E-state index contributed by atoms with van der Waals surface area (Å²) in [6, 6.07) is 9.14. The van der Waals surface area contributed by atoms with Gasteiger partial charge in [0.1, 0.15) is 5.75 Å². The van der Waals surface area contributed by atoms with Gasteiger partial charge in [-0.25, -0.2) is 0 Å². The number of hydrogen-bond acceptors (Lipinski definition) is 4. The van der Waals surface area contributed by atoms with Gasteiger partial charge in [-0.1, -0.05) is 23.7 Å². The van der Waals surface area contributed by atoms with Gasteiger partial charge in [-0.2, -0.15) is 8.78 Å². The minimum Gasteiger partial charge on any atom is -0.433 e. The molecular formula is C17H18ClF2N3O. The lowest BCUT2D eigenvalue weighted by Crippen LogP contribution is -2.45. The van der Waals surface area contributed by atoms with Crippen LogP contribution in [0.1, 0.15) is 17.2 Å². The number of piperazine rings is 1. The fourth-order valence-corrected chi connectivity index (χ4v) is 3.15. The second kappa shape index (κ2) is 7.88. The lowest BCUT2D eigenvalue weighted by Gasteiger charge is -2.36. The van der Waals surface area contributed by atoms with Gasteiger partial charge in [0.15, 0.2) is 0 Å². The van der Waals surface area contributed by atoms with Gasteiger partial charge < -0.3 is 10.1 Å². The average molecular weight is 354 g/mol. The fourth-order valence-electron chi connectivity index (χ4n) is 2.91. The first-order valence-electron chi connectivity index (χ1n) is 7.71. The van der Waals surface area contributed by atoms with E-state index in [0.29, 0.717) is 6.54 Å². The van der Waals surface area contributed by atoms with Gasteiger partial charge in [0.2, 0.25) is 0 Å². The largest absolute Gasteiger partial charge is 0.433 e. The van der Waals surface area contributed by atoms with Crippen LogP contribution in [0.4, 0.5) is 8.78 Å². The Kier molecular flexibility index (Phi) is 5.60. The Bertz CT molecular complexity index is 672. The third-order valence-corrected chi connectivity index (χ3v) is 4.32. The van der Waals surface area contributed by atoms with Crippen LogP contribution in [0.25, 0.3) is 0 Å². The van der Waals surface area contributed by atoms with Crippen LogP contribution in [0, 0.1) is 0 Å². The molecule has 0 radical (unpaired) electrons. The predicted molar refractivity (Wildman–Crippen MR) is 88.3 cm³/mol. The molecular weight excluding hydrogens is 336 g/mol. The smallest absolute Gasteiger partial charge is 0.387 e. The molecule has 2 aromatic rings. The molecule has 7 heteroatoms. The Morgan fingerprint density at radius 1 is 1.38 bits per heavy atom. The normalized spacial score (nSPS) is 18.8. The molecule has 0 amide bonds. The van der Waals surface area contributed by atoms with Crippen LogP contribution in [-0.4, -0.2) is 36.1 Å². The number of nitrogens with zero attached hydrogens (tertiary/aromatic N) is 2. The first-order valence-corrected chi connectivity index (χ1v) is 8.09. The SMILES string of the molecule is FC(F)Oc1ccc(CN2CCNCC2c2cccnc2)cc1Cl. The molecule has 128 valence electrons. The van der Waals surface area contributed by atoms with Crippen LogP contribution >= 0.6 is 11.6 Å². The van der Waals surface area contributed by atoms with E-state index in [-0.39, 0.29) is 16.8 Å². The van der Waals surface area contributed by atoms with E-state index in [1.807, 2.05) is 12.3 Å². The van der Waals surface area contributed by atoms with Crippen LogP contribution in [0.3, 0.4) is 0 Å². The van der Waals surface area contributed by atoms with Gasteiger partial charge >= 0.3 is 6.61 Å². The van der Waals surface area contributed by atoms with Crippen LogP contribution < -0.4 is 10.1 Å². The molecule has 0 saturated carbocycles. The number of alkyl halides is 2. The highest BCUT2D eigenvalue weighted by atomic mass is 35.5. The van der Waals surface area contributed by atoms with Crippen molar-refractivity contribution >= 4 is 11.6 Å². The maximum atomic E-state index is 12.3. The van der Waals surface area contributed by atoms with Crippen LogP contribution in [0.15, 0.2) is 42.7 Å². The highest BCUT2D eigenvalue weighted by molar-refractivity contribution is 6.32. The van der Waals surface area contributed by atoms with Crippen molar-refractivity contribution in [2.24, 2.45) is 0 Å². The molecule has 0 aliphatic carbocycles. The zero-order valence-corrected chi connectivity index (χ0v) is 13.7. The number of halogens is 3. The first kappa shape index (κ1) is 17.1. The minimum atomic E-state index is -2.88. The molecule has 0 spiro atoms. The average Bonchev–Trinajstić information content (AvgIpc) is 2.58. The quantitative estimate of drug-likeness (QED) is 0.893. The zero-order chi connectivity index (χ0) is 16.9. The molecule has 1 atom stereocenters. The zero-order valence-electron chi connectivity index (χ0n) is 13.0. The minimum absolute atomic E-state index is 0.000429. The number of rotatable bonds is 5. The monoisotopic (exact) mass is 353 g/mol. The fraction of sp³-hybridized carbons (Fsp3) is 0.353. The lowest BCUT2D eigenvalue weighted by molar-refractivity contribution is -0.0498. The molecule has 1 unspecified atom stereocenters. The van der Waals surface area contributed by atoms with E-state index in [0.717, 1.165) is 30.8 Å². The summed E-state index contributed by atoms with van der Waals surface area (Å²) in [7, 11) is 0. The molecule has 1 aromatic heterocycles. The second-order valence-corrected chi connectivity index (χ2v) is 6.03. The molecule has 1 fully saturated rings. The Morgan fingerprint density at radius 3 is 2.96 bits per heavy atom. The van der Waals surface area contributed by atoms with Gasteiger partial charge in [0.25, 0.3) is 0 Å². The Morgan fingerprint density at radius 2 is 2.25 bits per heavy atom. The first-order chi connectivity index (χ1) is 11.6. The molecule has 1 aliphatic heterocycles. The topological polar surface area (TPSA) is 37.4 Å². The second-order valence-electron chi connectivity index (χ2n) is 5.62. The summed E-state index contributed by atoms with van der Waals surface area (Å²) < 4.78 is 29.0. The van der Waals surface area contributed by atoms with Gasteiger partial charge in [0.05, 0.1) is 5.02 Å². The molecule has 4 nitrogen and oxygen atoms in total. The Hall–Kier alpha value is -1.76. The highest BCUT2D eigenvalue weighted by Crippen LogP contribution is 2.29. The van der Waals surface area contributed by atoms with Crippen molar-refractivity contribution in [3.05, 3.63) is 58.9 Å². The molecule has 3 rings (SSSR count). The van der Waals surface area contributed by atoms with E-state index in [9.17, 15) is 8.78 Å². The Labute approximate surface area is 144 Å². The number of ether oxygens (including phenoxy) is 1. The molecule has 2 heterocycles. The number of pyridine rings is 1. The van der Waals surface area contributed by atoms with E-state index >= 15 is 0 Å². The van der Waals surface area contributed by atoms with Crippen molar-refractivity contribution < 1.29 is 13.5 Å². The number of benzene rings is 1. The molecule has 24 heavy (non-hydrogen) atoms. The summed E-state index contributed by atoms with van der Waals surface area (Å²) in [5.41, 5.74) is 2.10. The van der Waals surface area contributed by atoms with Crippen LogP contribution in [-0.2, 0) is 6.54 Å². The molecule has 0 bridgehead atoms. The molecule has 1 aliphatic rings. The van der Waals surface area contributed by atoms with E-state index in [1.54, 1.807) is 18.3 Å². The number of hydrogen-bond donors (Lipinski definition) is 1. The van der Waals surface area contributed by atoms with Crippen molar-refractivity contribution in [3.63, 3.8) is 0 Å². The summed E-state index contributed by atoms with van der Waals surface area (Å²) in [5.74, 6) is -0.000429. The summed E-state index contributed by atoms with van der Waals surface area (Å²) in [4.78, 5) is 6.52. The van der Waals surface area contributed by atoms with Crippen molar-refractivity contribution in [1.29, 1.82) is 0 Å². The van der Waals surface area contributed by atoms with E-state index < -0.39 is 6.61 Å². The summed E-state index contributed by atoms with van der Waals surface area (Å²) in [6.45, 7) is 0.419. The highest BCUT2D eigenvalue weighted by Gasteiger charge is 2.24. The molecule has 1 N–H and O–H groups in total. The lowest BCUT2D eigenvalue weighted by atomic mass is 10.0. The summed E-state index contributed by atoms with van der Waals surface area (Å²) in [6.07, 6.45) is 3.63. The third kappa shape index (κ3) is 4.20. The van der Waals surface area contributed by atoms with Crippen LogP contribution in [0.5, 0.6) is 5.75 Å².